The van der Waals surface area contributed by atoms with Crippen molar-refractivity contribution in [1.82, 2.24) is 15.0 Å². The second kappa shape index (κ2) is 10.1. The Labute approximate surface area is 282 Å². The predicted octanol–water partition coefficient (Wildman–Crippen LogP) is 11.6. The number of nitrogens with zero attached hydrogens (tertiary/aromatic N) is 3. The van der Waals surface area contributed by atoms with E-state index in [1.54, 1.807) is 11.3 Å². The van der Waals surface area contributed by atoms with Gasteiger partial charge < -0.3 is 4.42 Å². The second-order valence-electron chi connectivity index (χ2n) is 14.6. The molecular formula is C43H33N3OS. The molecule has 0 spiro atoms. The Kier molecular flexibility index (Phi) is 5.69. The molecule has 0 N–H and O–H groups in total. The summed E-state index contributed by atoms with van der Waals surface area (Å²) in [6, 6.07) is 38.9. The van der Waals surface area contributed by atoms with Crippen molar-refractivity contribution in [2.24, 2.45) is 17.8 Å². The number of hydrogen-bond donors (Lipinski definition) is 0. The smallest absolute Gasteiger partial charge is 0.167 e. The van der Waals surface area contributed by atoms with Gasteiger partial charge in [0.2, 0.25) is 0 Å². The van der Waals surface area contributed by atoms with Crippen molar-refractivity contribution in [2.75, 3.05) is 0 Å². The van der Waals surface area contributed by atoms with E-state index in [0.717, 1.165) is 56.4 Å². The van der Waals surface area contributed by atoms with Crippen LogP contribution in [0.15, 0.2) is 114 Å². The second-order valence-corrected chi connectivity index (χ2v) is 15.7. The fourth-order valence-corrected chi connectivity index (χ4v) is 11.2. The number of rotatable bonds is 4. The first-order valence-electron chi connectivity index (χ1n) is 17.4. The highest BCUT2D eigenvalue weighted by Crippen LogP contribution is 2.60. The minimum atomic E-state index is 0.358. The van der Waals surface area contributed by atoms with Gasteiger partial charge >= 0.3 is 0 Å². The number of thiophene rings is 1. The van der Waals surface area contributed by atoms with Gasteiger partial charge in [0.1, 0.15) is 11.2 Å². The Morgan fingerprint density at radius 2 is 1.15 bits per heavy atom. The monoisotopic (exact) mass is 639 g/mol. The molecule has 3 aromatic heterocycles. The predicted molar refractivity (Wildman–Crippen MR) is 196 cm³/mol. The highest BCUT2D eigenvalue weighted by Gasteiger charge is 2.51. The van der Waals surface area contributed by atoms with Crippen LogP contribution in [0.5, 0.6) is 0 Å². The molecule has 0 amide bonds. The van der Waals surface area contributed by atoms with Gasteiger partial charge in [0.15, 0.2) is 17.5 Å². The lowest BCUT2D eigenvalue weighted by Gasteiger charge is -2.57. The topological polar surface area (TPSA) is 51.8 Å². The third kappa shape index (κ3) is 4.03. The number of hydrogen-bond acceptors (Lipinski definition) is 5. The molecule has 4 aliphatic carbocycles. The maximum Gasteiger partial charge on any atom is 0.167 e. The first-order chi connectivity index (χ1) is 23.7. The molecule has 232 valence electrons. The fourth-order valence-electron chi connectivity index (χ4n) is 10.0. The fraction of sp³-hybridized carbons (Fsp3) is 0.233. The molecule has 4 aliphatic rings. The van der Waals surface area contributed by atoms with E-state index < -0.39 is 0 Å². The van der Waals surface area contributed by atoms with E-state index in [1.165, 1.54) is 64.3 Å². The van der Waals surface area contributed by atoms with E-state index in [4.69, 9.17) is 19.4 Å². The summed E-state index contributed by atoms with van der Waals surface area (Å²) in [6.45, 7) is 0. The quantitative estimate of drug-likeness (QED) is 0.192. The van der Waals surface area contributed by atoms with Gasteiger partial charge in [-0.25, -0.2) is 15.0 Å². The van der Waals surface area contributed by atoms with Crippen LogP contribution in [0.2, 0.25) is 0 Å². The van der Waals surface area contributed by atoms with E-state index in [9.17, 15) is 0 Å². The van der Waals surface area contributed by atoms with E-state index in [1.807, 2.05) is 12.1 Å². The zero-order valence-electron chi connectivity index (χ0n) is 26.5. The minimum Gasteiger partial charge on any atom is -0.455 e. The van der Waals surface area contributed by atoms with Gasteiger partial charge in [-0.1, -0.05) is 84.9 Å². The Bertz CT molecular complexity index is 2390. The molecule has 5 aromatic carbocycles. The van der Waals surface area contributed by atoms with Crippen LogP contribution in [0.1, 0.15) is 44.1 Å². The molecule has 3 heterocycles. The molecular weight excluding hydrogens is 607 g/mol. The zero-order chi connectivity index (χ0) is 31.4. The highest BCUT2D eigenvalue weighted by atomic mass is 32.1. The maximum absolute atomic E-state index is 6.47. The van der Waals surface area contributed by atoms with Crippen LogP contribution in [0, 0.1) is 17.8 Å². The third-order valence-corrected chi connectivity index (χ3v) is 12.9. The molecule has 0 aliphatic heterocycles. The summed E-state index contributed by atoms with van der Waals surface area (Å²) in [5.41, 5.74) is 6.47. The van der Waals surface area contributed by atoms with Gasteiger partial charge in [-0.05, 0) is 91.5 Å². The number of benzene rings is 5. The first-order valence-corrected chi connectivity index (χ1v) is 18.2. The van der Waals surface area contributed by atoms with Gasteiger partial charge in [0.05, 0.1) is 5.56 Å². The van der Waals surface area contributed by atoms with E-state index in [-0.39, 0.29) is 0 Å². The summed E-state index contributed by atoms with van der Waals surface area (Å²) >= 11 is 1.80. The van der Waals surface area contributed by atoms with Crippen molar-refractivity contribution < 1.29 is 4.42 Å². The van der Waals surface area contributed by atoms with Crippen LogP contribution >= 0.6 is 11.3 Å². The SMILES string of the molecule is c1ccc2c(c1)oc1c(-c3nc(-c4ccc(C56CC7CC(CC(C7)C5)C6)cc4)nc(-c4cccc5c4sc4ccccc45)n3)cccc12. The molecule has 8 aromatic rings. The number of aromatic nitrogens is 3. The summed E-state index contributed by atoms with van der Waals surface area (Å²) in [5, 5.41) is 4.66. The van der Waals surface area contributed by atoms with Crippen molar-refractivity contribution in [3.8, 4) is 34.2 Å². The van der Waals surface area contributed by atoms with Crippen LogP contribution in [-0.2, 0) is 5.41 Å². The first kappa shape index (κ1) is 27.1. The highest BCUT2D eigenvalue weighted by molar-refractivity contribution is 7.26. The average molecular weight is 640 g/mol. The van der Waals surface area contributed by atoms with Crippen molar-refractivity contribution >= 4 is 53.4 Å². The van der Waals surface area contributed by atoms with E-state index in [2.05, 4.69) is 97.1 Å². The molecule has 5 heteroatoms. The number of furan rings is 1. The third-order valence-electron chi connectivity index (χ3n) is 11.7. The Balaban J connectivity index is 1.10. The van der Waals surface area contributed by atoms with Crippen molar-refractivity contribution in [3.63, 3.8) is 0 Å². The van der Waals surface area contributed by atoms with Gasteiger partial charge in [-0.15, -0.1) is 11.3 Å². The van der Waals surface area contributed by atoms with Crippen LogP contribution in [0.4, 0.5) is 0 Å². The van der Waals surface area contributed by atoms with E-state index in [0.29, 0.717) is 22.9 Å². The molecule has 4 bridgehead atoms. The van der Waals surface area contributed by atoms with Crippen LogP contribution in [0.25, 0.3) is 76.3 Å². The van der Waals surface area contributed by atoms with Crippen molar-refractivity contribution in [3.05, 3.63) is 115 Å². The Morgan fingerprint density at radius 3 is 1.92 bits per heavy atom. The van der Waals surface area contributed by atoms with Crippen LogP contribution in [-0.4, -0.2) is 15.0 Å². The van der Waals surface area contributed by atoms with Crippen molar-refractivity contribution in [1.29, 1.82) is 0 Å². The lowest BCUT2D eigenvalue weighted by atomic mass is 9.48. The molecule has 4 fully saturated rings. The average Bonchev–Trinajstić information content (AvgIpc) is 3.70. The summed E-state index contributed by atoms with van der Waals surface area (Å²) in [7, 11) is 0. The van der Waals surface area contributed by atoms with Crippen LogP contribution in [0.3, 0.4) is 0 Å². The van der Waals surface area contributed by atoms with Gasteiger partial charge in [-0.2, -0.15) is 0 Å². The van der Waals surface area contributed by atoms with Gasteiger partial charge in [0.25, 0.3) is 0 Å². The summed E-state index contributed by atoms with van der Waals surface area (Å²) in [5.74, 6) is 4.76. The largest absolute Gasteiger partial charge is 0.455 e. The summed E-state index contributed by atoms with van der Waals surface area (Å²) < 4.78 is 8.93. The normalized spacial score (nSPS) is 23.2. The lowest BCUT2D eigenvalue weighted by Crippen LogP contribution is -2.48. The number of para-hydroxylation sites is 2. The van der Waals surface area contributed by atoms with Crippen LogP contribution < -0.4 is 0 Å². The number of fused-ring (bicyclic) bond motifs is 6. The van der Waals surface area contributed by atoms with Crippen molar-refractivity contribution in [2.45, 2.75) is 43.9 Å². The molecule has 0 radical (unpaired) electrons. The molecule has 12 rings (SSSR count). The summed E-state index contributed by atoms with van der Waals surface area (Å²) in [4.78, 5) is 15.6. The minimum absolute atomic E-state index is 0.358. The maximum atomic E-state index is 6.47. The van der Waals surface area contributed by atoms with Gasteiger partial charge in [-0.3, -0.25) is 0 Å². The Morgan fingerprint density at radius 1 is 0.542 bits per heavy atom. The zero-order valence-corrected chi connectivity index (χ0v) is 27.3. The van der Waals surface area contributed by atoms with Gasteiger partial charge in [0, 0.05) is 42.1 Å². The molecule has 0 saturated heterocycles. The Hall–Kier alpha value is -4.87. The lowest BCUT2D eigenvalue weighted by molar-refractivity contribution is -0.00518. The molecule has 0 atom stereocenters. The molecule has 4 nitrogen and oxygen atoms in total. The molecule has 48 heavy (non-hydrogen) atoms. The summed E-state index contributed by atoms with van der Waals surface area (Å²) in [6.07, 6.45) is 8.45. The van der Waals surface area contributed by atoms with E-state index >= 15 is 0 Å². The molecule has 0 unspecified atom stereocenters. The molecule has 4 saturated carbocycles. The standard InChI is InChI=1S/C43H33N3OS/c1-3-13-36-30(7-1)32-9-5-11-34(38(32)47-36)41-44-40(28-15-17-29(18-16-28)43-22-25-19-26(23-43)21-27(20-25)24-43)45-42(46-41)35-12-6-10-33-31-8-2-4-14-37(31)48-39(33)35/h1-18,25-27H,19-24H2.